The Labute approximate surface area is 142 Å². The van der Waals surface area contributed by atoms with Gasteiger partial charge in [-0.2, -0.15) is 0 Å². The molecule has 1 aromatic carbocycles. The third-order valence-corrected chi connectivity index (χ3v) is 4.84. The number of piperazine rings is 1. The van der Waals surface area contributed by atoms with Crippen molar-refractivity contribution in [2.75, 3.05) is 45.8 Å². The van der Waals surface area contributed by atoms with Gasteiger partial charge in [-0.25, -0.2) is 0 Å². The predicted octanol–water partition coefficient (Wildman–Crippen LogP) is 0.487. The fraction of sp³-hybridized carbons (Fsp3) is 0.556. The minimum absolute atomic E-state index is 0.0357. The number of carbonyl (C=O) groups is 2. The van der Waals surface area contributed by atoms with E-state index in [0.29, 0.717) is 32.6 Å². The van der Waals surface area contributed by atoms with Crippen molar-refractivity contribution in [2.45, 2.75) is 18.9 Å². The lowest BCUT2D eigenvalue weighted by Crippen LogP contribution is -2.51. The summed E-state index contributed by atoms with van der Waals surface area (Å²) < 4.78 is 0. The molecule has 2 saturated heterocycles. The van der Waals surface area contributed by atoms with Crippen LogP contribution in [0, 0.1) is 0 Å². The summed E-state index contributed by atoms with van der Waals surface area (Å²) >= 11 is 0. The number of hydrogen-bond donors (Lipinski definition) is 1. The normalized spacial score (nSPS) is 20.5. The summed E-state index contributed by atoms with van der Waals surface area (Å²) in [6, 6.07) is 9.64. The highest BCUT2D eigenvalue weighted by molar-refractivity contribution is 5.85. The number of benzene rings is 1. The zero-order valence-corrected chi connectivity index (χ0v) is 13.9. The molecule has 0 spiro atoms. The highest BCUT2D eigenvalue weighted by Gasteiger charge is 2.27. The number of nitrogens with zero attached hydrogens (tertiary/aromatic N) is 3. The molecule has 2 aliphatic rings. The standard InChI is InChI=1S/C18H25N3O3/c22-16(15-5-2-1-3-6-15)13-19-9-11-20(12-10-19)18(24)14-21-8-4-7-17(21)23/h1-3,5-6,16,22H,4,7-14H2/t16-/m1/s1. The van der Waals surface area contributed by atoms with Gasteiger partial charge in [0.15, 0.2) is 0 Å². The Kier molecular flexibility index (Phi) is 5.48. The Morgan fingerprint density at radius 2 is 1.79 bits per heavy atom. The van der Waals surface area contributed by atoms with Gasteiger partial charge in [-0.3, -0.25) is 14.5 Å². The second-order valence-corrected chi connectivity index (χ2v) is 6.53. The summed E-state index contributed by atoms with van der Waals surface area (Å²) in [7, 11) is 0. The summed E-state index contributed by atoms with van der Waals surface area (Å²) in [6.45, 7) is 4.31. The number of carbonyl (C=O) groups excluding carboxylic acids is 2. The zero-order chi connectivity index (χ0) is 16.9. The Morgan fingerprint density at radius 1 is 1.08 bits per heavy atom. The van der Waals surface area contributed by atoms with Gasteiger partial charge < -0.3 is 14.9 Å². The van der Waals surface area contributed by atoms with E-state index in [1.165, 1.54) is 0 Å². The van der Waals surface area contributed by atoms with Gasteiger partial charge in [0.05, 0.1) is 12.6 Å². The van der Waals surface area contributed by atoms with E-state index < -0.39 is 6.10 Å². The Balaban J connectivity index is 1.43. The van der Waals surface area contributed by atoms with Gasteiger partial charge in [-0.1, -0.05) is 30.3 Å². The lowest BCUT2D eigenvalue weighted by atomic mass is 10.1. The topological polar surface area (TPSA) is 64.1 Å². The van der Waals surface area contributed by atoms with Crippen LogP contribution >= 0.6 is 0 Å². The smallest absolute Gasteiger partial charge is 0.242 e. The third-order valence-electron chi connectivity index (χ3n) is 4.84. The second kappa shape index (κ2) is 7.77. The first-order valence-electron chi connectivity index (χ1n) is 8.64. The van der Waals surface area contributed by atoms with E-state index in [4.69, 9.17) is 0 Å². The maximum Gasteiger partial charge on any atom is 0.242 e. The molecular formula is C18H25N3O3. The lowest BCUT2D eigenvalue weighted by Gasteiger charge is -2.36. The molecule has 130 valence electrons. The van der Waals surface area contributed by atoms with Crippen LogP contribution in [0.15, 0.2) is 30.3 Å². The van der Waals surface area contributed by atoms with Crippen LogP contribution in [0.25, 0.3) is 0 Å². The number of amides is 2. The highest BCUT2D eigenvalue weighted by Crippen LogP contribution is 2.15. The van der Waals surface area contributed by atoms with Crippen LogP contribution < -0.4 is 0 Å². The average Bonchev–Trinajstić information content (AvgIpc) is 3.01. The molecule has 0 unspecified atom stereocenters. The van der Waals surface area contributed by atoms with E-state index in [1.54, 1.807) is 4.90 Å². The lowest BCUT2D eigenvalue weighted by molar-refractivity contribution is -0.139. The van der Waals surface area contributed by atoms with E-state index in [-0.39, 0.29) is 18.4 Å². The molecule has 1 N–H and O–H groups in total. The highest BCUT2D eigenvalue weighted by atomic mass is 16.3. The number of hydrogen-bond acceptors (Lipinski definition) is 4. The Hall–Kier alpha value is -1.92. The average molecular weight is 331 g/mol. The molecule has 0 saturated carbocycles. The number of aliphatic hydroxyl groups excluding tert-OH is 1. The SMILES string of the molecule is O=C(CN1CCCC1=O)N1CCN(C[C@@H](O)c2ccccc2)CC1. The van der Waals surface area contributed by atoms with Gasteiger partial charge in [-0.15, -0.1) is 0 Å². The van der Waals surface area contributed by atoms with E-state index >= 15 is 0 Å². The van der Waals surface area contributed by atoms with Crippen LogP contribution in [0.2, 0.25) is 0 Å². The first-order chi connectivity index (χ1) is 11.6. The van der Waals surface area contributed by atoms with Crippen LogP contribution in [0.5, 0.6) is 0 Å². The molecule has 24 heavy (non-hydrogen) atoms. The molecule has 6 nitrogen and oxygen atoms in total. The molecule has 3 rings (SSSR count). The van der Waals surface area contributed by atoms with E-state index in [2.05, 4.69) is 4.90 Å². The van der Waals surface area contributed by atoms with Crippen molar-refractivity contribution in [3.8, 4) is 0 Å². The summed E-state index contributed by atoms with van der Waals surface area (Å²) in [5.41, 5.74) is 0.920. The van der Waals surface area contributed by atoms with Crippen LogP contribution in [-0.4, -0.2) is 77.4 Å². The van der Waals surface area contributed by atoms with Crippen molar-refractivity contribution in [3.63, 3.8) is 0 Å². The fourth-order valence-electron chi connectivity index (χ4n) is 3.34. The molecule has 1 aromatic rings. The molecule has 0 radical (unpaired) electrons. The first kappa shape index (κ1) is 16.9. The molecular weight excluding hydrogens is 306 g/mol. The fourth-order valence-corrected chi connectivity index (χ4v) is 3.34. The van der Waals surface area contributed by atoms with Gasteiger partial charge in [-0.05, 0) is 12.0 Å². The van der Waals surface area contributed by atoms with Crippen LogP contribution in [0.4, 0.5) is 0 Å². The number of likely N-dealkylation sites (tertiary alicyclic amines) is 1. The molecule has 6 heteroatoms. The number of β-amino-alcohol motifs (C(OH)–C–C–N with tert-alkyl or cyclic N) is 1. The molecule has 1 atom stereocenters. The van der Waals surface area contributed by atoms with Gasteiger partial charge in [0.1, 0.15) is 0 Å². The summed E-state index contributed by atoms with van der Waals surface area (Å²) in [5, 5.41) is 10.3. The summed E-state index contributed by atoms with van der Waals surface area (Å²) in [4.78, 5) is 29.6. The molecule has 0 bridgehead atoms. The monoisotopic (exact) mass is 331 g/mol. The van der Waals surface area contributed by atoms with Gasteiger partial charge in [0, 0.05) is 45.7 Å². The van der Waals surface area contributed by atoms with Crippen molar-refractivity contribution in [1.29, 1.82) is 0 Å². The molecule has 0 aromatic heterocycles. The molecule has 2 amide bonds. The maximum atomic E-state index is 12.3. The van der Waals surface area contributed by atoms with Crippen molar-refractivity contribution >= 4 is 11.8 Å². The maximum absolute atomic E-state index is 12.3. The minimum Gasteiger partial charge on any atom is -0.387 e. The largest absolute Gasteiger partial charge is 0.387 e. The number of rotatable bonds is 5. The van der Waals surface area contributed by atoms with Gasteiger partial charge >= 0.3 is 0 Å². The third kappa shape index (κ3) is 4.13. The molecule has 2 aliphatic heterocycles. The molecule has 2 fully saturated rings. The summed E-state index contributed by atoms with van der Waals surface area (Å²) in [6.07, 6.45) is 0.922. The molecule has 0 aliphatic carbocycles. The van der Waals surface area contributed by atoms with Crippen molar-refractivity contribution in [2.24, 2.45) is 0 Å². The van der Waals surface area contributed by atoms with Crippen molar-refractivity contribution in [3.05, 3.63) is 35.9 Å². The van der Waals surface area contributed by atoms with Crippen molar-refractivity contribution < 1.29 is 14.7 Å². The Bertz CT molecular complexity index is 570. The Morgan fingerprint density at radius 3 is 2.42 bits per heavy atom. The molecule has 2 heterocycles. The summed E-state index contributed by atoms with van der Waals surface area (Å²) in [5.74, 6) is 0.126. The predicted molar refractivity (Wildman–Crippen MR) is 90.2 cm³/mol. The van der Waals surface area contributed by atoms with E-state index in [9.17, 15) is 14.7 Å². The second-order valence-electron chi connectivity index (χ2n) is 6.53. The first-order valence-corrected chi connectivity index (χ1v) is 8.64. The van der Waals surface area contributed by atoms with E-state index in [0.717, 1.165) is 25.1 Å². The quantitative estimate of drug-likeness (QED) is 0.853. The van der Waals surface area contributed by atoms with Crippen LogP contribution in [0.3, 0.4) is 0 Å². The number of aliphatic hydroxyl groups is 1. The van der Waals surface area contributed by atoms with Crippen LogP contribution in [-0.2, 0) is 9.59 Å². The van der Waals surface area contributed by atoms with Crippen molar-refractivity contribution in [1.82, 2.24) is 14.7 Å². The minimum atomic E-state index is -0.504. The van der Waals surface area contributed by atoms with Gasteiger partial charge in [0.25, 0.3) is 0 Å². The van der Waals surface area contributed by atoms with E-state index in [1.807, 2.05) is 35.2 Å². The zero-order valence-electron chi connectivity index (χ0n) is 13.9. The van der Waals surface area contributed by atoms with Crippen LogP contribution in [0.1, 0.15) is 24.5 Å². The van der Waals surface area contributed by atoms with Gasteiger partial charge in [0.2, 0.25) is 11.8 Å².